The maximum atomic E-state index is 12.7. The molecule has 2 aromatic rings. The van der Waals surface area contributed by atoms with Crippen LogP contribution in [-0.2, 0) is 10.0 Å². The molecule has 1 aliphatic heterocycles. The first-order valence-corrected chi connectivity index (χ1v) is 9.48. The average Bonchev–Trinajstić information content (AvgIpc) is 3.16. The summed E-state index contributed by atoms with van der Waals surface area (Å²) in [7, 11) is 0.257. The third-order valence-corrected chi connectivity index (χ3v) is 6.32. The summed E-state index contributed by atoms with van der Waals surface area (Å²) in [6, 6.07) is 6.79. The van der Waals surface area contributed by atoms with Gasteiger partial charge in [-0.1, -0.05) is 12.1 Å². The van der Waals surface area contributed by atoms with Crippen LogP contribution in [0.25, 0.3) is 11.3 Å². The molecule has 7 heteroatoms. The Balaban J connectivity index is 1.74. The van der Waals surface area contributed by atoms with Crippen molar-refractivity contribution in [2.75, 3.05) is 33.7 Å². The summed E-state index contributed by atoms with van der Waals surface area (Å²) < 4.78 is 32.1. The molecule has 0 N–H and O–H groups in total. The fraction of sp³-hybridized carbons (Fsp3) is 0.471. The number of oxazole rings is 1. The summed E-state index contributed by atoms with van der Waals surface area (Å²) in [5.74, 6) is 0.982. The molecule has 24 heavy (non-hydrogen) atoms. The first-order chi connectivity index (χ1) is 11.4. The molecule has 1 aromatic heterocycles. The number of hydrogen-bond acceptors (Lipinski definition) is 5. The van der Waals surface area contributed by atoms with Crippen LogP contribution in [0.2, 0.25) is 0 Å². The zero-order valence-corrected chi connectivity index (χ0v) is 15.1. The van der Waals surface area contributed by atoms with Crippen LogP contribution in [0.5, 0.6) is 0 Å². The molecule has 0 unspecified atom stereocenters. The highest BCUT2D eigenvalue weighted by molar-refractivity contribution is 7.89. The molecule has 1 saturated heterocycles. The van der Waals surface area contributed by atoms with Crippen LogP contribution < -0.4 is 0 Å². The first kappa shape index (κ1) is 17.1. The van der Waals surface area contributed by atoms with Crippen LogP contribution in [0.4, 0.5) is 0 Å². The molecular formula is C17H23N3O3S. The highest BCUT2D eigenvalue weighted by Gasteiger charge is 2.27. The van der Waals surface area contributed by atoms with Gasteiger partial charge in [0.15, 0.2) is 5.89 Å². The van der Waals surface area contributed by atoms with Gasteiger partial charge in [0.1, 0.15) is 12.0 Å². The van der Waals surface area contributed by atoms with Crippen molar-refractivity contribution in [2.45, 2.75) is 18.2 Å². The largest absolute Gasteiger partial charge is 0.449 e. The minimum atomic E-state index is -3.47. The first-order valence-electron chi connectivity index (χ1n) is 8.03. The summed E-state index contributed by atoms with van der Waals surface area (Å²) in [6.45, 7) is 4.31. The number of aromatic nitrogens is 1. The molecule has 1 fully saturated rings. The van der Waals surface area contributed by atoms with Crippen molar-refractivity contribution in [2.24, 2.45) is 5.92 Å². The molecule has 1 aliphatic rings. The van der Waals surface area contributed by atoms with Crippen molar-refractivity contribution in [3.8, 4) is 11.3 Å². The summed E-state index contributed by atoms with van der Waals surface area (Å²) in [6.07, 6.45) is 2.61. The van der Waals surface area contributed by atoms with Crippen molar-refractivity contribution in [3.63, 3.8) is 0 Å². The SMILES string of the molecule is Cc1nc(-c2ccc(S(=O)(=O)N(C)C[C@H]3CCN(C)C3)cc2)co1. The van der Waals surface area contributed by atoms with Crippen LogP contribution in [0.15, 0.2) is 39.8 Å². The molecule has 0 spiro atoms. The molecule has 0 amide bonds. The smallest absolute Gasteiger partial charge is 0.242 e. The van der Waals surface area contributed by atoms with E-state index in [1.54, 1.807) is 44.5 Å². The van der Waals surface area contributed by atoms with Gasteiger partial charge in [0.05, 0.1) is 4.90 Å². The Morgan fingerprint density at radius 1 is 1.33 bits per heavy atom. The fourth-order valence-electron chi connectivity index (χ4n) is 3.11. The van der Waals surface area contributed by atoms with E-state index in [-0.39, 0.29) is 0 Å². The van der Waals surface area contributed by atoms with E-state index >= 15 is 0 Å². The van der Waals surface area contributed by atoms with Crippen LogP contribution in [0.1, 0.15) is 12.3 Å². The topological polar surface area (TPSA) is 66.7 Å². The number of likely N-dealkylation sites (tertiary alicyclic amines) is 1. The molecular weight excluding hydrogens is 326 g/mol. The number of aryl methyl sites for hydroxylation is 1. The standard InChI is InChI=1S/C17H23N3O3S/c1-13-18-17(12-23-13)15-4-6-16(7-5-15)24(21,22)20(3)11-14-8-9-19(2)10-14/h4-7,12,14H,8-11H2,1-3H3/t14-/m0/s1. The summed E-state index contributed by atoms with van der Waals surface area (Å²) in [5, 5.41) is 0. The zero-order valence-electron chi connectivity index (χ0n) is 14.3. The lowest BCUT2D eigenvalue weighted by Gasteiger charge is -2.21. The van der Waals surface area contributed by atoms with Gasteiger partial charge in [0.25, 0.3) is 0 Å². The number of hydrogen-bond donors (Lipinski definition) is 0. The van der Waals surface area contributed by atoms with Gasteiger partial charge >= 0.3 is 0 Å². The van der Waals surface area contributed by atoms with E-state index in [4.69, 9.17) is 4.42 Å². The normalized spacial score (nSPS) is 19.2. The average molecular weight is 349 g/mol. The van der Waals surface area contributed by atoms with Crippen molar-refractivity contribution in [1.29, 1.82) is 0 Å². The Morgan fingerprint density at radius 3 is 2.58 bits per heavy atom. The predicted molar refractivity (Wildman–Crippen MR) is 92.1 cm³/mol. The van der Waals surface area contributed by atoms with Crippen LogP contribution >= 0.6 is 0 Å². The lowest BCUT2D eigenvalue weighted by Crippen LogP contribution is -2.32. The van der Waals surface area contributed by atoms with Gasteiger partial charge in [0, 0.05) is 32.6 Å². The van der Waals surface area contributed by atoms with Crippen molar-refractivity contribution in [3.05, 3.63) is 36.4 Å². The van der Waals surface area contributed by atoms with E-state index in [2.05, 4.69) is 16.9 Å². The highest BCUT2D eigenvalue weighted by Crippen LogP contribution is 2.23. The minimum Gasteiger partial charge on any atom is -0.449 e. The van der Waals surface area contributed by atoms with E-state index in [0.717, 1.165) is 25.1 Å². The van der Waals surface area contributed by atoms with E-state index in [0.29, 0.717) is 28.9 Å². The number of rotatable bonds is 5. The minimum absolute atomic E-state index is 0.306. The molecule has 3 rings (SSSR count). The number of sulfonamides is 1. The molecule has 1 aromatic carbocycles. The van der Waals surface area contributed by atoms with Crippen LogP contribution in [0, 0.1) is 12.8 Å². The van der Waals surface area contributed by atoms with E-state index in [1.807, 2.05) is 0 Å². The Kier molecular flexibility index (Phi) is 4.76. The van der Waals surface area contributed by atoms with E-state index in [9.17, 15) is 8.42 Å². The molecule has 6 nitrogen and oxygen atoms in total. The van der Waals surface area contributed by atoms with Crippen molar-refractivity contribution < 1.29 is 12.8 Å². The van der Waals surface area contributed by atoms with E-state index < -0.39 is 10.0 Å². The number of benzene rings is 1. The Hall–Kier alpha value is -1.70. The predicted octanol–water partition coefficient (Wildman–Crippen LogP) is 2.22. The quantitative estimate of drug-likeness (QED) is 0.828. The highest BCUT2D eigenvalue weighted by atomic mass is 32.2. The van der Waals surface area contributed by atoms with Gasteiger partial charge in [-0.15, -0.1) is 0 Å². The van der Waals surface area contributed by atoms with Crippen molar-refractivity contribution >= 4 is 10.0 Å². The molecule has 0 saturated carbocycles. The molecule has 0 aliphatic carbocycles. The van der Waals surface area contributed by atoms with Gasteiger partial charge in [0.2, 0.25) is 10.0 Å². The summed E-state index contributed by atoms with van der Waals surface area (Å²) in [5.41, 5.74) is 1.55. The summed E-state index contributed by atoms with van der Waals surface area (Å²) >= 11 is 0. The Bertz CT molecular complexity index is 799. The van der Waals surface area contributed by atoms with Crippen LogP contribution in [0.3, 0.4) is 0 Å². The lowest BCUT2D eigenvalue weighted by atomic mass is 10.1. The molecule has 2 heterocycles. The Labute approximate surface area is 143 Å². The second-order valence-corrected chi connectivity index (χ2v) is 8.52. The molecule has 0 bridgehead atoms. The molecule has 1 atom stereocenters. The maximum absolute atomic E-state index is 12.7. The van der Waals surface area contributed by atoms with Gasteiger partial charge in [-0.2, -0.15) is 0 Å². The number of nitrogens with zero attached hydrogens (tertiary/aromatic N) is 3. The Morgan fingerprint density at radius 2 is 2.04 bits per heavy atom. The lowest BCUT2D eigenvalue weighted by molar-refractivity contribution is 0.357. The summed E-state index contributed by atoms with van der Waals surface area (Å²) in [4.78, 5) is 6.79. The monoisotopic (exact) mass is 349 g/mol. The fourth-order valence-corrected chi connectivity index (χ4v) is 4.36. The van der Waals surface area contributed by atoms with Gasteiger partial charge in [-0.3, -0.25) is 0 Å². The van der Waals surface area contributed by atoms with Crippen molar-refractivity contribution in [1.82, 2.24) is 14.2 Å². The van der Waals surface area contributed by atoms with Gasteiger partial charge < -0.3 is 9.32 Å². The second-order valence-electron chi connectivity index (χ2n) is 6.48. The third-order valence-electron chi connectivity index (χ3n) is 4.48. The second kappa shape index (κ2) is 6.66. The molecule has 130 valence electrons. The maximum Gasteiger partial charge on any atom is 0.242 e. The third kappa shape index (κ3) is 3.53. The van der Waals surface area contributed by atoms with Crippen LogP contribution in [-0.4, -0.2) is 56.3 Å². The zero-order chi connectivity index (χ0) is 17.3. The van der Waals surface area contributed by atoms with E-state index in [1.165, 1.54) is 4.31 Å². The molecule has 0 radical (unpaired) electrons. The van der Waals surface area contributed by atoms with Gasteiger partial charge in [-0.05, 0) is 38.1 Å². The van der Waals surface area contributed by atoms with Gasteiger partial charge in [-0.25, -0.2) is 17.7 Å².